The number of aromatic nitrogens is 3. The number of H-pyrrole nitrogens is 1. The fourth-order valence-corrected chi connectivity index (χ4v) is 1.69. The third-order valence-electron chi connectivity index (χ3n) is 2.41. The second kappa shape index (κ2) is 6.19. The van der Waals surface area contributed by atoms with Gasteiger partial charge in [0.05, 0.1) is 6.54 Å². The van der Waals surface area contributed by atoms with Crippen LogP contribution in [0.4, 0.5) is 0 Å². The normalized spacial score (nSPS) is 10.2. The minimum Gasteiger partial charge on any atom is -0.484 e. The summed E-state index contributed by atoms with van der Waals surface area (Å²) in [5.41, 5.74) is 0.885. The molecule has 0 atom stereocenters. The molecule has 1 aromatic heterocycles. The van der Waals surface area contributed by atoms with E-state index in [0.29, 0.717) is 23.1 Å². The van der Waals surface area contributed by atoms with E-state index < -0.39 is 0 Å². The van der Waals surface area contributed by atoms with Crippen LogP contribution in [-0.2, 0) is 11.3 Å². The van der Waals surface area contributed by atoms with Gasteiger partial charge in [0.1, 0.15) is 17.9 Å². The minimum absolute atomic E-state index is 0.0589. The van der Waals surface area contributed by atoms with Gasteiger partial charge in [-0.2, -0.15) is 5.10 Å². The highest BCUT2D eigenvalue weighted by Crippen LogP contribution is 2.21. The lowest BCUT2D eigenvalue weighted by Gasteiger charge is -2.09. The smallest absolute Gasteiger partial charge is 0.258 e. The monoisotopic (exact) mass is 280 g/mol. The highest BCUT2D eigenvalue weighted by Gasteiger charge is 2.06. The van der Waals surface area contributed by atoms with E-state index in [2.05, 4.69) is 20.5 Å². The summed E-state index contributed by atoms with van der Waals surface area (Å²) in [6.45, 7) is 2.10. The van der Waals surface area contributed by atoms with Crippen molar-refractivity contribution in [2.45, 2.75) is 13.5 Å². The molecule has 6 nitrogen and oxygen atoms in total. The van der Waals surface area contributed by atoms with Crippen molar-refractivity contribution in [2.24, 2.45) is 0 Å². The largest absolute Gasteiger partial charge is 0.484 e. The van der Waals surface area contributed by atoms with Gasteiger partial charge in [0, 0.05) is 5.02 Å². The van der Waals surface area contributed by atoms with E-state index >= 15 is 0 Å². The number of aryl methyl sites for hydroxylation is 1. The average Bonchev–Trinajstić information content (AvgIpc) is 2.88. The molecule has 19 heavy (non-hydrogen) atoms. The molecular weight excluding hydrogens is 268 g/mol. The zero-order valence-corrected chi connectivity index (χ0v) is 11.1. The maximum atomic E-state index is 11.6. The van der Waals surface area contributed by atoms with Crippen molar-refractivity contribution in [2.75, 3.05) is 6.61 Å². The zero-order chi connectivity index (χ0) is 13.7. The van der Waals surface area contributed by atoms with Gasteiger partial charge in [-0.05, 0) is 30.7 Å². The average molecular weight is 281 g/mol. The highest BCUT2D eigenvalue weighted by molar-refractivity contribution is 6.30. The van der Waals surface area contributed by atoms with Crippen LogP contribution < -0.4 is 10.1 Å². The fraction of sp³-hybridized carbons (Fsp3) is 0.250. The Balaban J connectivity index is 1.80. The van der Waals surface area contributed by atoms with Gasteiger partial charge in [-0.3, -0.25) is 9.89 Å². The van der Waals surface area contributed by atoms with Crippen LogP contribution in [0.2, 0.25) is 5.02 Å². The van der Waals surface area contributed by atoms with Crippen molar-refractivity contribution in [1.82, 2.24) is 20.5 Å². The fourth-order valence-electron chi connectivity index (χ4n) is 1.47. The first kappa shape index (κ1) is 13.4. The molecule has 0 radical (unpaired) electrons. The number of aromatic amines is 1. The second-order valence-electron chi connectivity index (χ2n) is 3.91. The first-order chi connectivity index (χ1) is 9.15. The van der Waals surface area contributed by atoms with Gasteiger partial charge in [-0.15, -0.1) is 0 Å². The maximum absolute atomic E-state index is 11.6. The van der Waals surface area contributed by atoms with Crippen LogP contribution in [0.25, 0.3) is 0 Å². The van der Waals surface area contributed by atoms with Crippen LogP contribution in [-0.4, -0.2) is 27.7 Å². The molecule has 0 aliphatic heterocycles. The Hall–Kier alpha value is -2.08. The van der Waals surface area contributed by atoms with Crippen LogP contribution in [0.15, 0.2) is 24.5 Å². The highest BCUT2D eigenvalue weighted by atomic mass is 35.5. The lowest BCUT2D eigenvalue weighted by molar-refractivity contribution is -0.123. The Bertz CT molecular complexity index is 557. The van der Waals surface area contributed by atoms with E-state index in [9.17, 15) is 4.79 Å². The zero-order valence-electron chi connectivity index (χ0n) is 10.3. The summed E-state index contributed by atoms with van der Waals surface area (Å²) in [6.07, 6.45) is 1.38. The van der Waals surface area contributed by atoms with Gasteiger partial charge in [0.25, 0.3) is 5.91 Å². The molecule has 0 bridgehead atoms. The number of hydrogen-bond acceptors (Lipinski definition) is 4. The van der Waals surface area contributed by atoms with Crippen LogP contribution in [0.5, 0.6) is 5.75 Å². The summed E-state index contributed by atoms with van der Waals surface area (Å²) in [4.78, 5) is 15.5. The molecule has 2 N–H and O–H groups in total. The number of carbonyl (C=O) groups is 1. The number of nitrogens with one attached hydrogen (secondary N) is 2. The molecular formula is C12H13ClN4O2. The number of amides is 1. The molecule has 0 fully saturated rings. The summed E-state index contributed by atoms with van der Waals surface area (Å²) >= 11 is 5.84. The molecule has 0 aliphatic carbocycles. The van der Waals surface area contributed by atoms with E-state index in [1.807, 2.05) is 6.92 Å². The van der Waals surface area contributed by atoms with Gasteiger partial charge in [0.15, 0.2) is 6.61 Å². The van der Waals surface area contributed by atoms with Crippen molar-refractivity contribution < 1.29 is 9.53 Å². The van der Waals surface area contributed by atoms with E-state index in [-0.39, 0.29) is 12.5 Å². The molecule has 0 unspecified atom stereocenters. The lowest BCUT2D eigenvalue weighted by Crippen LogP contribution is -2.28. The number of hydrogen-bond donors (Lipinski definition) is 2. The number of halogens is 1. The van der Waals surface area contributed by atoms with Gasteiger partial charge >= 0.3 is 0 Å². The Kier molecular flexibility index (Phi) is 4.35. The summed E-state index contributed by atoms with van der Waals surface area (Å²) in [7, 11) is 0. The van der Waals surface area contributed by atoms with E-state index in [0.717, 1.165) is 5.56 Å². The third kappa shape index (κ3) is 3.96. The minimum atomic E-state index is -0.231. The standard InChI is InChI=1S/C12H13ClN4O2/c1-8-4-9(13)2-3-10(8)19-6-12(18)14-5-11-15-7-16-17-11/h2-4,7H,5-6H2,1H3,(H,14,18)(H,15,16,17). The van der Waals surface area contributed by atoms with Gasteiger partial charge in [-0.1, -0.05) is 11.6 Å². The number of rotatable bonds is 5. The Labute approximate surface area is 115 Å². The predicted octanol–water partition coefficient (Wildman–Crippen LogP) is 1.46. The molecule has 1 amide bonds. The van der Waals surface area contributed by atoms with Gasteiger partial charge in [-0.25, -0.2) is 4.98 Å². The molecule has 0 aliphatic rings. The molecule has 0 spiro atoms. The molecule has 1 heterocycles. The first-order valence-corrected chi connectivity index (χ1v) is 6.03. The van der Waals surface area contributed by atoms with Crippen molar-refractivity contribution in [3.05, 3.63) is 40.9 Å². The van der Waals surface area contributed by atoms with Crippen molar-refractivity contribution >= 4 is 17.5 Å². The van der Waals surface area contributed by atoms with Crippen LogP contribution >= 0.6 is 11.6 Å². The number of carbonyl (C=O) groups excluding carboxylic acids is 1. The van der Waals surface area contributed by atoms with Gasteiger partial charge < -0.3 is 10.1 Å². The third-order valence-corrected chi connectivity index (χ3v) is 2.65. The summed E-state index contributed by atoms with van der Waals surface area (Å²) in [6, 6.07) is 5.24. The van der Waals surface area contributed by atoms with Gasteiger partial charge in [0.2, 0.25) is 0 Å². The van der Waals surface area contributed by atoms with Crippen LogP contribution in [0.1, 0.15) is 11.4 Å². The molecule has 2 aromatic rings. The first-order valence-electron chi connectivity index (χ1n) is 5.65. The number of nitrogens with zero attached hydrogens (tertiary/aromatic N) is 2. The lowest BCUT2D eigenvalue weighted by atomic mass is 10.2. The summed E-state index contributed by atoms with van der Waals surface area (Å²) < 4.78 is 5.41. The molecule has 2 rings (SSSR count). The summed E-state index contributed by atoms with van der Waals surface area (Å²) in [5.74, 6) is 1.00. The topological polar surface area (TPSA) is 79.9 Å². The van der Waals surface area contributed by atoms with E-state index in [1.54, 1.807) is 18.2 Å². The van der Waals surface area contributed by atoms with E-state index in [1.165, 1.54) is 6.33 Å². The quantitative estimate of drug-likeness (QED) is 0.869. The Morgan fingerprint density at radius 3 is 3.05 bits per heavy atom. The SMILES string of the molecule is Cc1cc(Cl)ccc1OCC(=O)NCc1ncn[nH]1. The van der Waals surface area contributed by atoms with Crippen molar-refractivity contribution in [3.63, 3.8) is 0 Å². The summed E-state index contributed by atoms with van der Waals surface area (Å²) in [5, 5.41) is 9.63. The molecule has 1 aromatic carbocycles. The molecule has 0 saturated carbocycles. The predicted molar refractivity (Wildman–Crippen MR) is 69.9 cm³/mol. The van der Waals surface area contributed by atoms with Crippen molar-refractivity contribution in [1.29, 1.82) is 0 Å². The molecule has 7 heteroatoms. The number of benzene rings is 1. The Morgan fingerprint density at radius 1 is 1.53 bits per heavy atom. The second-order valence-corrected chi connectivity index (χ2v) is 4.34. The maximum Gasteiger partial charge on any atom is 0.258 e. The number of ether oxygens (including phenoxy) is 1. The van der Waals surface area contributed by atoms with E-state index in [4.69, 9.17) is 16.3 Å². The van der Waals surface area contributed by atoms with Crippen LogP contribution in [0.3, 0.4) is 0 Å². The molecule has 100 valence electrons. The molecule has 0 saturated heterocycles. The van der Waals surface area contributed by atoms with Crippen molar-refractivity contribution in [3.8, 4) is 5.75 Å². The van der Waals surface area contributed by atoms with Crippen LogP contribution in [0, 0.1) is 6.92 Å². The Morgan fingerprint density at radius 2 is 2.37 bits per heavy atom.